The van der Waals surface area contributed by atoms with Crippen LogP contribution in [0.2, 0.25) is 0 Å². The predicted octanol–water partition coefficient (Wildman–Crippen LogP) is 2.96. The molecule has 0 radical (unpaired) electrons. The standard InChI is InChI=1S/C13H19FN2S2/c1-2-11-13(18-8-7-17-11)12(16-15)9-5-3-4-6-10(9)14/h3-6,11-13,16H,2,7-8,15H2,1H3. The van der Waals surface area contributed by atoms with Gasteiger partial charge in [0.1, 0.15) is 5.82 Å². The smallest absolute Gasteiger partial charge is 0.128 e. The van der Waals surface area contributed by atoms with E-state index in [0.29, 0.717) is 16.1 Å². The van der Waals surface area contributed by atoms with Gasteiger partial charge >= 0.3 is 0 Å². The third-order valence-electron chi connectivity index (χ3n) is 3.24. The second kappa shape index (κ2) is 6.80. The molecule has 3 unspecified atom stereocenters. The number of hydrazine groups is 1. The number of hydrogen-bond acceptors (Lipinski definition) is 4. The monoisotopic (exact) mass is 286 g/mol. The number of halogens is 1. The van der Waals surface area contributed by atoms with Crippen molar-refractivity contribution >= 4 is 23.5 Å². The van der Waals surface area contributed by atoms with Gasteiger partial charge in [-0.15, -0.1) is 0 Å². The molecule has 0 bridgehead atoms. The summed E-state index contributed by atoms with van der Waals surface area (Å²) in [4.78, 5) is 0. The molecule has 0 aromatic heterocycles. The average Bonchev–Trinajstić information content (AvgIpc) is 2.42. The largest absolute Gasteiger partial charge is 0.271 e. The average molecular weight is 286 g/mol. The van der Waals surface area contributed by atoms with Gasteiger partial charge in [0.25, 0.3) is 0 Å². The van der Waals surface area contributed by atoms with E-state index in [1.54, 1.807) is 6.07 Å². The normalized spacial score (nSPS) is 25.9. The van der Waals surface area contributed by atoms with Gasteiger partial charge in [0.05, 0.1) is 6.04 Å². The molecule has 3 N–H and O–H groups in total. The first-order valence-electron chi connectivity index (χ1n) is 6.21. The van der Waals surface area contributed by atoms with Crippen molar-refractivity contribution < 1.29 is 4.39 Å². The van der Waals surface area contributed by atoms with Crippen LogP contribution in [0.1, 0.15) is 24.9 Å². The van der Waals surface area contributed by atoms with E-state index in [4.69, 9.17) is 5.84 Å². The maximum Gasteiger partial charge on any atom is 0.128 e. The minimum atomic E-state index is -0.175. The van der Waals surface area contributed by atoms with Crippen molar-refractivity contribution in [3.63, 3.8) is 0 Å². The summed E-state index contributed by atoms with van der Waals surface area (Å²) in [5.41, 5.74) is 3.50. The molecule has 1 aliphatic heterocycles. The van der Waals surface area contributed by atoms with E-state index in [2.05, 4.69) is 12.3 Å². The van der Waals surface area contributed by atoms with Crippen molar-refractivity contribution in [1.29, 1.82) is 0 Å². The molecule has 1 aliphatic rings. The summed E-state index contributed by atoms with van der Waals surface area (Å²) in [5, 5.41) is 0.861. The van der Waals surface area contributed by atoms with Gasteiger partial charge in [0, 0.05) is 27.6 Å². The third kappa shape index (κ3) is 3.02. The fourth-order valence-corrected chi connectivity index (χ4v) is 5.56. The molecule has 1 heterocycles. The van der Waals surface area contributed by atoms with Crippen LogP contribution in [0.5, 0.6) is 0 Å². The molecule has 2 rings (SSSR count). The Labute approximate surface area is 116 Å². The van der Waals surface area contributed by atoms with Gasteiger partial charge in [-0.05, 0) is 12.5 Å². The molecule has 0 amide bonds. The molecule has 2 nitrogen and oxygen atoms in total. The van der Waals surface area contributed by atoms with Crippen LogP contribution >= 0.6 is 23.5 Å². The lowest BCUT2D eigenvalue weighted by atomic mass is 10.0. The lowest BCUT2D eigenvalue weighted by Gasteiger charge is -2.35. The summed E-state index contributed by atoms with van der Waals surface area (Å²) < 4.78 is 13.9. The lowest BCUT2D eigenvalue weighted by Crippen LogP contribution is -2.42. The third-order valence-corrected chi connectivity index (χ3v) is 6.59. The lowest BCUT2D eigenvalue weighted by molar-refractivity contribution is 0.485. The van der Waals surface area contributed by atoms with Gasteiger partial charge in [-0.25, -0.2) is 4.39 Å². The maximum atomic E-state index is 13.9. The second-order valence-corrected chi connectivity index (χ2v) is 6.95. The van der Waals surface area contributed by atoms with Crippen LogP contribution in [0.25, 0.3) is 0 Å². The fourth-order valence-electron chi connectivity index (χ4n) is 2.34. The van der Waals surface area contributed by atoms with Crippen LogP contribution in [0.15, 0.2) is 24.3 Å². The van der Waals surface area contributed by atoms with Crippen LogP contribution in [0, 0.1) is 5.82 Å². The Morgan fingerprint density at radius 3 is 2.78 bits per heavy atom. The van der Waals surface area contributed by atoms with Crippen molar-refractivity contribution in [2.24, 2.45) is 5.84 Å². The molecular weight excluding hydrogens is 267 g/mol. The zero-order chi connectivity index (χ0) is 13.0. The molecule has 0 saturated carbocycles. The van der Waals surface area contributed by atoms with Gasteiger partial charge in [0.2, 0.25) is 0 Å². The van der Waals surface area contributed by atoms with E-state index < -0.39 is 0 Å². The van der Waals surface area contributed by atoms with Crippen molar-refractivity contribution in [3.05, 3.63) is 35.6 Å². The minimum Gasteiger partial charge on any atom is -0.271 e. The number of benzene rings is 1. The van der Waals surface area contributed by atoms with Crippen molar-refractivity contribution in [2.45, 2.75) is 29.9 Å². The van der Waals surface area contributed by atoms with E-state index in [-0.39, 0.29) is 11.9 Å². The zero-order valence-corrected chi connectivity index (χ0v) is 12.1. The fraction of sp³-hybridized carbons (Fsp3) is 0.538. The summed E-state index contributed by atoms with van der Waals surface area (Å²) in [6, 6.07) is 6.79. The first-order valence-corrected chi connectivity index (χ1v) is 8.31. The van der Waals surface area contributed by atoms with E-state index in [0.717, 1.165) is 12.2 Å². The number of nitrogens with two attached hydrogens (primary N) is 1. The second-order valence-electron chi connectivity index (χ2n) is 4.32. The summed E-state index contributed by atoms with van der Waals surface area (Å²) in [6.45, 7) is 2.19. The Hall–Kier alpha value is -0.230. The Morgan fingerprint density at radius 1 is 1.39 bits per heavy atom. The van der Waals surface area contributed by atoms with Gasteiger partial charge in [-0.3, -0.25) is 11.3 Å². The first kappa shape index (κ1) is 14.2. The van der Waals surface area contributed by atoms with Crippen LogP contribution in [-0.2, 0) is 0 Å². The molecule has 100 valence electrons. The summed E-state index contributed by atoms with van der Waals surface area (Å²) >= 11 is 3.88. The van der Waals surface area contributed by atoms with Gasteiger partial charge in [0.15, 0.2) is 0 Å². The summed E-state index contributed by atoms with van der Waals surface area (Å²) in [6.07, 6.45) is 1.09. The molecule has 1 fully saturated rings. The van der Waals surface area contributed by atoms with Crippen LogP contribution in [0.3, 0.4) is 0 Å². The summed E-state index contributed by atoms with van der Waals surface area (Å²) in [7, 11) is 0. The highest BCUT2D eigenvalue weighted by atomic mass is 32.2. The SMILES string of the molecule is CCC1SCCSC1C(NN)c1ccccc1F. The van der Waals surface area contributed by atoms with Crippen molar-refractivity contribution in [1.82, 2.24) is 5.43 Å². The highest BCUT2D eigenvalue weighted by molar-refractivity contribution is 8.07. The summed E-state index contributed by atoms with van der Waals surface area (Å²) in [5.74, 6) is 7.79. The zero-order valence-electron chi connectivity index (χ0n) is 10.4. The number of rotatable bonds is 4. The Balaban J connectivity index is 2.24. The van der Waals surface area contributed by atoms with Crippen LogP contribution in [-0.4, -0.2) is 22.0 Å². The predicted molar refractivity (Wildman–Crippen MR) is 79.2 cm³/mol. The van der Waals surface area contributed by atoms with Gasteiger partial charge in [-0.1, -0.05) is 25.1 Å². The number of thioether (sulfide) groups is 2. The van der Waals surface area contributed by atoms with Crippen molar-refractivity contribution in [3.8, 4) is 0 Å². The Morgan fingerprint density at radius 2 is 2.11 bits per heavy atom. The molecule has 0 spiro atoms. The molecule has 5 heteroatoms. The molecule has 1 aromatic rings. The first-order chi connectivity index (χ1) is 8.77. The van der Waals surface area contributed by atoms with E-state index in [9.17, 15) is 4.39 Å². The van der Waals surface area contributed by atoms with Gasteiger partial charge < -0.3 is 0 Å². The van der Waals surface area contributed by atoms with Crippen LogP contribution < -0.4 is 11.3 Å². The molecule has 18 heavy (non-hydrogen) atoms. The number of nitrogens with one attached hydrogen (secondary N) is 1. The molecule has 3 atom stereocenters. The quantitative estimate of drug-likeness (QED) is 0.659. The Kier molecular flexibility index (Phi) is 5.36. The van der Waals surface area contributed by atoms with E-state index in [1.807, 2.05) is 35.7 Å². The molecular formula is C13H19FN2S2. The minimum absolute atomic E-state index is 0.117. The van der Waals surface area contributed by atoms with Gasteiger partial charge in [-0.2, -0.15) is 23.5 Å². The molecule has 1 aromatic carbocycles. The van der Waals surface area contributed by atoms with Crippen molar-refractivity contribution in [2.75, 3.05) is 11.5 Å². The molecule has 0 aliphatic carbocycles. The molecule has 1 saturated heterocycles. The Bertz CT molecular complexity index is 389. The van der Waals surface area contributed by atoms with Crippen LogP contribution in [0.4, 0.5) is 4.39 Å². The van der Waals surface area contributed by atoms with E-state index >= 15 is 0 Å². The topological polar surface area (TPSA) is 38.0 Å². The highest BCUT2D eigenvalue weighted by Gasteiger charge is 2.33. The van der Waals surface area contributed by atoms with E-state index in [1.165, 1.54) is 11.8 Å². The maximum absolute atomic E-state index is 13.9. The number of hydrogen-bond donors (Lipinski definition) is 2. The highest BCUT2D eigenvalue weighted by Crippen LogP contribution is 2.40.